The molecule has 1 fully saturated rings. The van der Waals surface area contributed by atoms with Crippen LogP contribution in [0.25, 0.3) is 0 Å². The average molecular weight is 319 g/mol. The van der Waals surface area contributed by atoms with Crippen molar-refractivity contribution in [2.75, 3.05) is 18.1 Å². The molecule has 0 radical (unpaired) electrons. The van der Waals surface area contributed by atoms with Crippen molar-refractivity contribution in [3.05, 3.63) is 16.1 Å². The molecule has 1 aliphatic rings. The van der Waals surface area contributed by atoms with E-state index in [1.165, 1.54) is 0 Å². The molecule has 0 amide bonds. The molecule has 5 heteroatoms. The number of aliphatic hydroxyl groups excluding tert-OH is 1. The molecule has 1 N–H and O–H groups in total. The molecule has 1 aliphatic heterocycles. The molecule has 2 rings (SSSR count). The maximum absolute atomic E-state index is 9.37. The lowest BCUT2D eigenvalue weighted by atomic mass is 10.0. The van der Waals surface area contributed by atoms with Crippen molar-refractivity contribution in [3.8, 4) is 0 Å². The zero-order chi connectivity index (χ0) is 10.8. The van der Waals surface area contributed by atoms with Gasteiger partial charge in [-0.25, -0.2) is 9.97 Å². The summed E-state index contributed by atoms with van der Waals surface area (Å²) in [5.74, 6) is 1.48. The summed E-state index contributed by atoms with van der Waals surface area (Å²) in [6.07, 6.45) is 4.49. The molecule has 1 saturated heterocycles. The Hall–Kier alpha value is -0.430. The number of rotatable bonds is 2. The Morgan fingerprint density at radius 3 is 3.13 bits per heavy atom. The summed E-state index contributed by atoms with van der Waals surface area (Å²) in [6, 6.07) is 0.202. The lowest BCUT2D eigenvalue weighted by molar-refractivity contribution is 0.244. The molecular formula is C10H14IN3O. The molecule has 2 atom stereocenters. The highest BCUT2D eigenvalue weighted by molar-refractivity contribution is 14.1. The van der Waals surface area contributed by atoms with Gasteiger partial charge in [0.2, 0.25) is 0 Å². The summed E-state index contributed by atoms with van der Waals surface area (Å²) in [5.41, 5.74) is 0. The van der Waals surface area contributed by atoms with Gasteiger partial charge in [-0.3, -0.25) is 0 Å². The van der Waals surface area contributed by atoms with Crippen LogP contribution in [0.15, 0.2) is 12.5 Å². The van der Waals surface area contributed by atoms with E-state index in [0.717, 1.165) is 22.4 Å². The maximum Gasteiger partial charge on any atom is 0.145 e. The molecule has 0 saturated carbocycles. The second-order valence-corrected chi connectivity index (χ2v) is 5.07. The summed E-state index contributed by atoms with van der Waals surface area (Å²) in [7, 11) is 0. The van der Waals surface area contributed by atoms with E-state index in [2.05, 4.69) is 44.4 Å². The zero-order valence-corrected chi connectivity index (χ0v) is 10.8. The van der Waals surface area contributed by atoms with Crippen LogP contribution < -0.4 is 4.90 Å². The van der Waals surface area contributed by atoms with Gasteiger partial charge in [0.25, 0.3) is 0 Å². The van der Waals surface area contributed by atoms with Crippen LogP contribution in [0, 0.1) is 9.49 Å². The van der Waals surface area contributed by atoms with Gasteiger partial charge in [-0.2, -0.15) is 0 Å². The van der Waals surface area contributed by atoms with Gasteiger partial charge in [-0.05, 0) is 34.9 Å². The predicted octanol–water partition coefficient (Wildman–Crippen LogP) is 1.29. The van der Waals surface area contributed by atoms with Crippen LogP contribution in [0.4, 0.5) is 5.82 Å². The molecule has 2 unspecified atom stereocenters. The third kappa shape index (κ3) is 2.08. The van der Waals surface area contributed by atoms with Crippen molar-refractivity contribution in [1.82, 2.24) is 9.97 Å². The first kappa shape index (κ1) is 11.1. The minimum atomic E-state index is 0.196. The second kappa shape index (κ2) is 4.61. The van der Waals surface area contributed by atoms with Crippen molar-refractivity contribution in [2.45, 2.75) is 19.4 Å². The van der Waals surface area contributed by atoms with Crippen LogP contribution >= 0.6 is 22.6 Å². The molecule has 0 aliphatic carbocycles. The topological polar surface area (TPSA) is 49.2 Å². The van der Waals surface area contributed by atoms with Crippen molar-refractivity contribution in [1.29, 1.82) is 0 Å². The Kier molecular flexibility index (Phi) is 3.40. The van der Waals surface area contributed by atoms with Gasteiger partial charge < -0.3 is 10.0 Å². The van der Waals surface area contributed by atoms with Gasteiger partial charge in [0.05, 0.1) is 16.2 Å². The van der Waals surface area contributed by atoms with Gasteiger partial charge in [0, 0.05) is 12.7 Å². The second-order valence-electron chi connectivity index (χ2n) is 3.90. The van der Waals surface area contributed by atoms with E-state index in [0.29, 0.717) is 5.92 Å². The van der Waals surface area contributed by atoms with E-state index < -0.39 is 0 Å². The summed E-state index contributed by atoms with van der Waals surface area (Å²) >= 11 is 2.24. The number of hydrogen-bond acceptors (Lipinski definition) is 4. The zero-order valence-electron chi connectivity index (χ0n) is 8.60. The molecule has 0 spiro atoms. The van der Waals surface area contributed by atoms with Gasteiger partial charge in [0.15, 0.2) is 0 Å². The lowest BCUT2D eigenvalue weighted by Crippen LogP contribution is -2.36. The molecule has 2 heterocycles. The van der Waals surface area contributed by atoms with Crippen molar-refractivity contribution in [2.24, 2.45) is 5.92 Å². The summed E-state index contributed by atoms with van der Waals surface area (Å²) in [4.78, 5) is 10.5. The van der Waals surface area contributed by atoms with E-state index in [-0.39, 0.29) is 12.6 Å². The Balaban J connectivity index is 2.28. The Labute approximate surface area is 103 Å². The van der Waals surface area contributed by atoms with Gasteiger partial charge in [-0.15, -0.1) is 0 Å². The average Bonchev–Trinajstić information content (AvgIpc) is 2.60. The minimum Gasteiger partial charge on any atom is -0.394 e. The van der Waals surface area contributed by atoms with E-state index in [4.69, 9.17) is 0 Å². The van der Waals surface area contributed by atoms with Crippen LogP contribution in [-0.2, 0) is 0 Å². The van der Waals surface area contributed by atoms with Crippen LogP contribution in [-0.4, -0.2) is 34.3 Å². The summed E-state index contributed by atoms with van der Waals surface area (Å²) in [6.45, 7) is 3.34. The van der Waals surface area contributed by atoms with Crippen molar-refractivity contribution in [3.63, 3.8) is 0 Å². The van der Waals surface area contributed by atoms with Crippen molar-refractivity contribution >= 4 is 28.4 Å². The fraction of sp³-hybridized carbons (Fsp3) is 0.600. The highest BCUT2D eigenvalue weighted by atomic mass is 127. The highest BCUT2D eigenvalue weighted by Gasteiger charge is 2.32. The highest BCUT2D eigenvalue weighted by Crippen LogP contribution is 2.30. The fourth-order valence-corrected chi connectivity index (χ4v) is 2.68. The molecule has 0 aromatic carbocycles. The van der Waals surface area contributed by atoms with Crippen LogP contribution in [0.2, 0.25) is 0 Å². The molecule has 1 aromatic rings. The number of nitrogens with zero attached hydrogens (tertiary/aromatic N) is 3. The Morgan fingerprint density at radius 2 is 2.47 bits per heavy atom. The molecular weight excluding hydrogens is 305 g/mol. The minimum absolute atomic E-state index is 0.196. The number of aliphatic hydroxyl groups is 1. The van der Waals surface area contributed by atoms with Gasteiger partial charge >= 0.3 is 0 Å². The van der Waals surface area contributed by atoms with Crippen molar-refractivity contribution < 1.29 is 5.11 Å². The first-order valence-electron chi connectivity index (χ1n) is 5.07. The number of anilines is 1. The number of halogens is 1. The van der Waals surface area contributed by atoms with Gasteiger partial charge in [-0.1, -0.05) is 6.92 Å². The summed E-state index contributed by atoms with van der Waals surface area (Å²) in [5, 5.41) is 9.37. The number of hydrogen-bond donors (Lipinski definition) is 1. The first-order chi connectivity index (χ1) is 7.24. The molecule has 0 bridgehead atoms. The first-order valence-corrected chi connectivity index (χ1v) is 6.15. The molecule has 4 nitrogen and oxygen atoms in total. The third-order valence-corrected chi connectivity index (χ3v) is 3.75. The van der Waals surface area contributed by atoms with E-state index in [9.17, 15) is 5.11 Å². The van der Waals surface area contributed by atoms with Crippen LogP contribution in [0.5, 0.6) is 0 Å². The maximum atomic E-state index is 9.37. The fourth-order valence-electron chi connectivity index (χ4n) is 2.07. The molecule has 82 valence electrons. The monoisotopic (exact) mass is 319 g/mol. The SMILES string of the molecule is CC1CCN(c2ncncc2I)C1CO. The Morgan fingerprint density at radius 1 is 1.67 bits per heavy atom. The van der Waals surface area contributed by atoms with Crippen LogP contribution in [0.1, 0.15) is 13.3 Å². The largest absolute Gasteiger partial charge is 0.394 e. The quantitative estimate of drug-likeness (QED) is 0.835. The van der Waals surface area contributed by atoms with E-state index >= 15 is 0 Å². The Bertz CT molecular complexity index is 347. The lowest BCUT2D eigenvalue weighted by Gasteiger charge is -2.26. The third-order valence-electron chi connectivity index (χ3n) is 2.99. The van der Waals surface area contributed by atoms with E-state index in [1.54, 1.807) is 12.5 Å². The number of aromatic nitrogens is 2. The molecule has 15 heavy (non-hydrogen) atoms. The van der Waals surface area contributed by atoms with Gasteiger partial charge in [0.1, 0.15) is 12.1 Å². The van der Waals surface area contributed by atoms with E-state index in [1.807, 2.05) is 0 Å². The smallest absolute Gasteiger partial charge is 0.145 e. The molecule has 1 aromatic heterocycles. The normalized spacial score (nSPS) is 25.9. The summed E-state index contributed by atoms with van der Waals surface area (Å²) < 4.78 is 1.04. The standard InChI is InChI=1S/C10H14IN3O/c1-7-2-3-14(9(7)5-15)10-8(11)4-12-6-13-10/h4,6-7,9,15H,2-3,5H2,1H3. The van der Waals surface area contributed by atoms with Crippen LogP contribution in [0.3, 0.4) is 0 Å². The predicted molar refractivity (Wildman–Crippen MR) is 66.7 cm³/mol.